The summed E-state index contributed by atoms with van der Waals surface area (Å²) >= 11 is 0. The molecule has 0 aliphatic carbocycles. The van der Waals surface area contributed by atoms with E-state index in [-0.39, 0.29) is 11.1 Å². The van der Waals surface area contributed by atoms with Crippen molar-refractivity contribution in [3.63, 3.8) is 0 Å². The highest BCUT2D eigenvalue weighted by Crippen LogP contribution is 2.15. The summed E-state index contributed by atoms with van der Waals surface area (Å²) in [5.41, 5.74) is 1.21. The summed E-state index contributed by atoms with van der Waals surface area (Å²) in [6, 6.07) is 21.7. The molecule has 3 rings (SSSR count). The van der Waals surface area contributed by atoms with E-state index in [9.17, 15) is 14.0 Å². The first-order valence-corrected chi connectivity index (χ1v) is 8.35. The van der Waals surface area contributed by atoms with Gasteiger partial charge in [0, 0.05) is 0 Å². The van der Waals surface area contributed by atoms with Crippen LogP contribution in [0.5, 0.6) is 5.75 Å². The quantitative estimate of drug-likeness (QED) is 0.459. The van der Waals surface area contributed by atoms with E-state index in [0.717, 1.165) is 5.56 Å². The molecule has 0 bridgehead atoms. The maximum absolute atomic E-state index is 13.6. The lowest BCUT2D eigenvalue weighted by Gasteiger charge is -2.08. The molecule has 0 saturated carbocycles. The molecule has 4 nitrogen and oxygen atoms in total. The lowest BCUT2D eigenvalue weighted by atomic mass is 10.1. The molecule has 136 valence electrons. The highest BCUT2D eigenvalue weighted by atomic mass is 19.1. The van der Waals surface area contributed by atoms with E-state index in [2.05, 4.69) is 0 Å². The summed E-state index contributed by atoms with van der Waals surface area (Å²) in [6.07, 6.45) is 0. The Hall–Kier alpha value is -3.47. The van der Waals surface area contributed by atoms with Gasteiger partial charge in [-0.2, -0.15) is 0 Å². The minimum atomic E-state index is -0.658. The fourth-order valence-corrected chi connectivity index (χ4v) is 2.41. The van der Waals surface area contributed by atoms with Gasteiger partial charge in [0.05, 0.1) is 11.1 Å². The smallest absolute Gasteiger partial charge is 0.338 e. The van der Waals surface area contributed by atoms with Crippen LogP contribution in [0.4, 0.5) is 4.39 Å². The highest BCUT2D eigenvalue weighted by Gasteiger charge is 2.14. The van der Waals surface area contributed by atoms with Gasteiger partial charge in [0.25, 0.3) is 0 Å². The van der Waals surface area contributed by atoms with E-state index in [0.29, 0.717) is 12.4 Å². The Labute approximate surface area is 156 Å². The van der Waals surface area contributed by atoms with Crippen LogP contribution in [-0.2, 0) is 11.3 Å². The predicted octanol–water partition coefficient (Wildman–Crippen LogP) is 4.44. The van der Waals surface area contributed by atoms with Crippen molar-refractivity contribution in [2.45, 2.75) is 6.61 Å². The number of halogens is 1. The van der Waals surface area contributed by atoms with Crippen molar-refractivity contribution in [2.75, 3.05) is 6.61 Å². The summed E-state index contributed by atoms with van der Waals surface area (Å²) in [5.74, 6) is -1.28. The van der Waals surface area contributed by atoms with Crippen molar-refractivity contribution in [3.8, 4) is 5.75 Å². The standard InChI is InChI=1S/C22H17FO4/c23-20-9-5-4-8-19(20)21(24)15-27-22(25)17-10-12-18(13-11-17)26-14-16-6-2-1-3-7-16/h1-13H,14-15H2. The van der Waals surface area contributed by atoms with Crippen LogP contribution in [0, 0.1) is 5.82 Å². The molecule has 0 radical (unpaired) electrons. The third kappa shape index (κ3) is 5.01. The van der Waals surface area contributed by atoms with Crippen molar-refractivity contribution in [1.29, 1.82) is 0 Å². The zero-order chi connectivity index (χ0) is 19.1. The Morgan fingerprint density at radius 2 is 1.48 bits per heavy atom. The van der Waals surface area contributed by atoms with Crippen molar-refractivity contribution in [2.24, 2.45) is 0 Å². The lowest BCUT2D eigenvalue weighted by molar-refractivity contribution is 0.0473. The summed E-state index contributed by atoms with van der Waals surface area (Å²) in [6.45, 7) is -0.103. The molecule has 0 heterocycles. The van der Waals surface area contributed by atoms with Gasteiger partial charge in [0.1, 0.15) is 18.2 Å². The van der Waals surface area contributed by atoms with E-state index in [4.69, 9.17) is 9.47 Å². The van der Waals surface area contributed by atoms with Gasteiger partial charge in [0.15, 0.2) is 6.61 Å². The normalized spacial score (nSPS) is 10.3. The molecular formula is C22H17FO4. The minimum absolute atomic E-state index is 0.102. The van der Waals surface area contributed by atoms with Gasteiger partial charge in [-0.05, 0) is 42.0 Å². The Balaban J connectivity index is 1.53. The van der Waals surface area contributed by atoms with Crippen molar-refractivity contribution in [3.05, 3.63) is 101 Å². The van der Waals surface area contributed by atoms with Crippen LogP contribution in [-0.4, -0.2) is 18.4 Å². The van der Waals surface area contributed by atoms with E-state index < -0.39 is 24.2 Å². The Bertz CT molecular complexity index is 921. The molecule has 0 unspecified atom stereocenters. The maximum Gasteiger partial charge on any atom is 0.338 e. The lowest BCUT2D eigenvalue weighted by Crippen LogP contribution is -2.15. The Kier molecular flexibility index (Phi) is 5.94. The van der Waals surface area contributed by atoms with Gasteiger partial charge in [0.2, 0.25) is 5.78 Å². The van der Waals surface area contributed by atoms with Gasteiger partial charge < -0.3 is 9.47 Å². The van der Waals surface area contributed by atoms with Crippen LogP contribution in [0.2, 0.25) is 0 Å². The van der Waals surface area contributed by atoms with Gasteiger partial charge in [-0.15, -0.1) is 0 Å². The van der Waals surface area contributed by atoms with Gasteiger partial charge in [-0.25, -0.2) is 9.18 Å². The monoisotopic (exact) mass is 364 g/mol. The third-order valence-electron chi connectivity index (χ3n) is 3.85. The average Bonchev–Trinajstić information content (AvgIpc) is 2.72. The number of carbonyl (C=O) groups excluding carboxylic acids is 2. The molecule has 0 amide bonds. The van der Waals surface area contributed by atoms with E-state index in [1.54, 1.807) is 30.3 Å². The predicted molar refractivity (Wildman–Crippen MR) is 98.2 cm³/mol. The molecule has 0 aliphatic heterocycles. The van der Waals surface area contributed by atoms with Crippen LogP contribution in [0.1, 0.15) is 26.3 Å². The summed E-state index contributed by atoms with van der Waals surface area (Å²) in [5, 5.41) is 0. The maximum atomic E-state index is 13.6. The summed E-state index contributed by atoms with van der Waals surface area (Å²) in [7, 11) is 0. The number of esters is 1. The molecular weight excluding hydrogens is 347 g/mol. The number of carbonyl (C=O) groups is 2. The molecule has 0 N–H and O–H groups in total. The molecule has 0 spiro atoms. The van der Waals surface area contributed by atoms with Crippen molar-refractivity contribution < 1.29 is 23.5 Å². The second-order valence-corrected chi connectivity index (χ2v) is 5.78. The van der Waals surface area contributed by atoms with E-state index in [1.807, 2.05) is 30.3 Å². The molecule has 0 aliphatic rings. The van der Waals surface area contributed by atoms with Crippen LogP contribution in [0.25, 0.3) is 0 Å². The van der Waals surface area contributed by atoms with Gasteiger partial charge in [-0.3, -0.25) is 4.79 Å². The van der Waals surface area contributed by atoms with Crippen LogP contribution >= 0.6 is 0 Å². The first-order valence-electron chi connectivity index (χ1n) is 8.35. The molecule has 0 aromatic heterocycles. The second kappa shape index (κ2) is 8.76. The number of ketones is 1. The number of ether oxygens (including phenoxy) is 2. The first kappa shape index (κ1) is 18.3. The number of benzene rings is 3. The zero-order valence-corrected chi connectivity index (χ0v) is 14.4. The number of hydrogen-bond donors (Lipinski definition) is 0. The largest absolute Gasteiger partial charge is 0.489 e. The van der Waals surface area contributed by atoms with Crippen LogP contribution < -0.4 is 4.74 Å². The Morgan fingerprint density at radius 1 is 0.815 bits per heavy atom. The molecule has 3 aromatic carbocycles. The molecule has 0 fully saturated rings. The van der Waals surface area contributed by atoms with Crippen LogP contribution in [0.3, 0.4) is 0 Å². The number of hydrogen-bond acceptors (Lipinski definition) is 4. The molecule has 0 atom stereocenters. The summed E-state index contributed by atoms with van der Waals surface area (Å²) in [4.78, 5) is 24.0. The average molecular weight is 364 g/mol. The highest BCUT2D eigenvalue weighted by molar-refractivity contribution is 5.99. The van der Waals surface area contributed by atoms with Gasteiger partial charge in [-0.1, -0.05) is 42.5 Å². The van der Waals surface area contributed by atoms with E-state index in [1.165, 1.54) is 18.2 Å². The molecule has 5 heteroatoms. The number of rotatable bonds is 7. The van der Waals surface area contributed by atoms with Crippen molar-refractivity contribution >= 4 is 11.8 Å². The first-order chi connectivity index (χ1) is 13.1. The second-order valence-electron chi connectivity index (χ2n) is 5.78. The number of Topliss-reactive ketones (excluding diaryl/α,β-unsaturated/α-hetero) is 1. The van der Waals surface area contributed by atoms with Gasteiger partial charge >= 0.3 is 5.97 Å². The fraction of sp³-hybridized carbons (Fsp3) is 0.0909. The SMILES string of the molecule is O=C(OCC(=O)c1ccccc1F)c1ccc(OCc2ccccc2)cc1. The summed E-state index contributed by atoms with van der Waals surface area (Å²) < 4.78 is 24.2. The van der Waals surface area contributed by atoms with Crippen molar-refractivity contribution in [1.82, 2.24) is 0 Å². The third-order valence-corrected chi connectivity index (χ3v) is 3.85. The molecule has 0 saturated heterocycles. The Morgan fingerprint density at radius 3 is 2.19 bits per heavy atom. The minimum Gasteiger partial charge on any atom is -0.489 e. The molecule has 3 aromatic rings. The fourth-order valence-electron chi connectivity index (χ4n) is 2.41. The zero-order valence-electron chi connectivity index (χ0n) is 14.4. The molecule has 27 heavy (non-hydrogen) atoms. The van der Waals surface area contributed by atoms with E-state index >= 15 is 0 Å². The van der Waals surface area contributed by atoms with Crippen LogP contribution in [0.15, 0.2) is 78.9 Å². The topological polar surface area (TPSA) is 52.6 Å².